The molecule has 3 nitrogen and oxygen atoms in total. The van der Waals surface area contributed by atoms with E-state index < -0.39 is 5.72 Å². The molecule has 4 rings (SSSR count). The van der Waals surface area contributed by atoms with Gasteiger partial charge < -0.3 is 5.11 Å². The first-order valence-electron chi connectivity index (χ1n) is 8.86. The second kappa shape index (κ2) is 5.75. The van der Waals surface area contributed by atoms with Crippen LogP contribution in [0.4, 0.5) is 5.69 Å². The first-order chi connectivity index (χ1) is 11.6. The number of β-amino-alcohol motifs (C(OH)–C–C–N with tert-alkyl or cyclic N) is 1. The molecule has 2 aromatic carbocycles. The highest BCUT2D eigenvalue weighted by atomic mass is 16.3. The van der Waals surface area contributed by atoms with E-state index in [1.165, 1.54) is 23.5 Å². The van der Waals surface area contributed by atoms with Crippen LogP contribution in [0, 0.1) is 13.8 Å². The minimum atomic E-state index is -0.941. The van der Waals surface area contributed by atoms with Crippen LogP contribution in [0.15, 0.2) is 48.5 Å². The summed E-state index contributed by atoms with van der Waals surface area (Å²) in [4.78, 5) is 2.30. The van der Waals surface area contributed by atoms with Crippen molar-refractivity contribution in [2.75, 3.05) is 18.0 Å². The molecule has 0 bridgehead atoms. The number of para-hydroxylation sites is 1. The maximum atomic E-state index is 11.7. The molecule has 24 heavy (non-hydrogen) atoms. The molecule has 1 N–H and O–H groups in total. The lowest BCUT2D eigenvalue weighted by Crippen LogP contribution is -2.42. The van der Waals surface area contributed by atoms with Gasteiger partial charge in [-0.3, -0.25) is 0 Å². The van der Waals surface area contributed by atoms with Crippen LogP contribution in [0.2, 0.25) is 0 Å². The molecular formula is C21H25N2O+. The highest BCUT2D eigenvalue weighted by molar-refractivity contribution is 5.96. The zero-order valence-corrected chi connectivity index (χ0v) is 14.5. The molecular weight excluding hydrogens is 296 g/mol. The lowest BCUT2D eigenvalue weighted by Gasteiger charge is -2.26. The van der Waals surface area contributed by atoms with Crippen molar-refractivity contribution in [2.24, 2.45) is 0 Å². The molecule has 0 aliphatic carbocycles. The van der Waals surface area contributed by atoms with Crippen LogP contribution in [0.25, 0.3) is 0 Å². The molecule has 0 spiro atoms. The van der Waals surface area contributed by atoms with Crippen LogP contribution in [0.1, 0.15) is 36.0 Å². The highest BCUT2D eigenvalue weighted by Crippen LogP contribution is 2.37. The average Bonchev–Trinajstić information content (AvgIpc) is 2.90. The number of rotatable bonds is 2. The Morgan fingerprint density at radius 3 is 2.58 bits per heavy atom. The molecule has 2 heterocycles. The molecule has 2 aliphatic heterocycles. The monoisotopic (exact) mass is 321 g/mol. The van der Waals surface area contributed by atoms with Gasteiger partial charge in [0.1, 0.15) is 5.69 Å². The predicted molar refractivity (Wildman–Crippen MR) is 97.6 cm³/mol. The van der Waals surface area contributed by atoms with Gasteiger partial charge in [0.25, 0.3) is 11.6 Å². The topological polar surface area (TPSA) is 26.5 Å². The minimum absolute atomic E-state index is 0.593. The second-order valence-electron chi connectivity index (χ2n) is 7.08. The maximum absolute atomic E-state index is 11.7. The van der Waals surface area contributed by atoms with E-state index in [2.05, 4.69) is 65.8 Å². The van der Waals surface area contributed by atoms with Crippen molar-refractivity contribution in [3.05, 3.63) is 65.2 Å². The van der Waals surface area contributed by atoms with Crippen LogP contribution >= 0.6 is 0 Å². The summed E-state index contributed by atoms with van der Waals surface area (Å²) in [5.41, 5.74) is 3.66. The van der Waals surface area contributed by atoms with Crippen LogP contribution in [0.5, 0.6) is 0 Å². The molecule has 2 aromatic rings. The smallest absolute Gasteiger partial charge is 0.271 e. The second-order valence-corrected chi connectivity index (χ2v) is 7.08. The number of anilines is 1. The normalized spacial score (nSPS) is 23.5. The number of aliphatic hydroxyl groups is 1. The van der Waals surface area contributed by atoms with Crippen molar-refractivity contribution in [1.29, 1.82) is 0 Å². The molecule has 0 radical (unpaired) electrons. The Morgan fingerprint density at radius 1 is 1.04 bits per heavy atom. The van der Waals surface area contributed by atoms with E-state index >= 15 is 0 Å². The lowest BCUT2D eigenvalue weighted by atomic mass is 9.95. The van der Waals surface area contributed by atoms with Gasteiger partial charge in [-0.25, -0.2) is 9.48 Å². The first kappa shape index (κ1) is 15.4. The van der Waals surface area contributed by atoms with Crippen molar-refractivity contribution >= 4 is 11.5 Å². The van der Waals surface area contributed by atoms with E-state index in [1.807, 2.05) is 6.07 Å². The fourth-order valence-electron chi connectivity index (χ4n) is 4.23. The predicted octanol–water partition coefficient (Wildman–Crippen LogP) is 3.56. The Bertz CT molecular complexity index is 797. The molecule has 1 atom stereocenters. The standard InChI is InChI=1S/C21H25N2O/c1-16-11-12-19(17(2)14-16)21(24)15-22(18-8-4-3-5-9-18)20-10-6-7-13-23(20)21/h3-5,8-9,11-12,14,24H,6-7,10,13,15H2,1-2H3/q+1/t21-/m0/s1. The molecule has 0 saturated heterocycles. The van der Waals surface area contributed by atoms with E-state index in [0.717, 1.165) is 30.5 Å². The third-order valence-corrected chi connectivity index (χ3v) is 5.36. The largest absolute Gasteiger partial charge is 0.346 e. The summed E-state index contributed by atoms with van der Waals surface area (Å²) in [5.74, 6) is 1.26. The number of nitrogens with zero attached hydrogens (tertiary/aromatic N) is 2. The average molecular weight is 321 g/mol. The number of hydrogen-bond acceptors (Lipinski definition) is 2. The molecule has 0 amide bonds. The van der Waals surface area contributed by atoms with Crippen molar-refractivity contribution < 1.29 is 9.68 Å². The van der Waals surface area contributed by atoms with Crippen molar-refractivity contribution in [3.8, 4) is 0 Å². The van der Waals surface area contributed by atoms with Crippen LogP contribution in [-0.2, 0) is 5.72 Å². The fraction of sp³-hybridized carbons (Fsp3) is 0.381. The third kappa shape index (κ3) is 2.35. The van der Waals surface area contributed by atoms with Crippen molar-refractivity contribution in [2.45, 2.75) is 38.8 Å². The summed E-state index contributed by atoms with van der Waals surface area (Å²) < 4.78 is 2.24. The molecule has 124 valence electrons. The van der Waals surface area contributed by atoms with Crippen molar-refractivity contribution in [3.63, 3.8) is 0 Å². The van der Waals surface area contributed by atoms with Gasteiger partial charge in [-0.05, 0) is 44.4 Å². The number of aryl methyl sites for hydroxylation is 2. The Balaban J connectivity index is 1.83. The van der Waals surface area contributed by atoms with Gasteiger partial charge in [0.2, 0.25) is 0 Å². The zero-order chi connectivity index (χ0) is 16.7. The maximum Gasteiger partial charge on any atom is 0.271 e. The Kier molecular flexibility index (Phi) is 3.69. The molecule has 3 heteroatoms. The third-order valence-electron chi connectivity index (χ3n) is 5.36. The van der Waals surface area contributed by atoms with Gasteiger partial charge in [0.15, 0.2) is 6.54 Å². The Labute approximate surface area is 143 Å². The number of hydrogen-bond donors (Lipinski definition) is 1. The molecule has 0 saturated carbocycles. The van der Waals surface area contributed by atoms with E-state index in [1.54, 1.807) is 0 Å². The summed E-state index contributed by atoms with van der Waals surface area (Å²) in [6.45, 7) is 5.72. The van der Waals surface area contributed by atoms with E-state index in [4.69, 9.17) is 0 Å². The minimum Gasteiger partial charge on any atom is -0.346 e. The number of amidine groups is 1. The summed E-state index contributed by atoms with van der Waals surface area (Å²) in [5, 5.41) is 11.7. The van der Waals surface area contributed by atoms with Gasteiger partial charge in [-0.2, -0.15) is 0 Å². The number of benzene rings is 2. The van der Waals surface area contributed by atoms with Crippen LogP contribution in [0.3, 0.4) is 0 Å². The Hall–Kier alpha value is -2.13. The summed E-state index contributed by atoms with van der Waals surface area (Å²) in [6, 6.07) is 16.8. The molecule has 0 unspecified atom stereocenters. The summed E-state index contributed by atoms with van der Waals surface area (Å²) in [7, 11) is 0. The molecule has 0 fully saturated rings. The Morgan fingerprint density at radius 2 is 1.83 bits per heavy atom. The van der Waals surface area contributed by atoms with Gasteiger partial charge in [-0.15, -0.1) is 0 Å². The van der Waals surface area contributed by atoms with Gasteiger partial charge in [0.05, 0.1) is 6.54 Å². The summed E-state index contributed by atoms with van der Waals surface area (Å²) >= 11 is 0. The van der Waals surface area contributed by atoms with Crippen molar-refractivity contribution in [1.82, 2.24) is 0 Å². The van der Waals surface area contributed by atoms with Gasteiger partial charge in [-0.1, -0.05) is 42.0 Å². The highest BCUT2D eigenvalue weighted by Gasteiger charge is 2.52. The van der Waals surface area contributed by atoms with E-state index in [9.17, 15) is 5.11 Å². The SMILES string of the molecule is Cc1ccc([C@@]2(O)CN(c3ccccc3)C3=[N+]2CCCC3)c(C)c1. The summed E-state index contributed by atoms with van der Waals surface area (Å²) in [6.07, 6.45) is 3.36. The first-order valence-corrected chi connectivity index (χ1v) is 8.86. The lowest BCUT2D eigenvalue weighted by molar-refractivity contribution is -0.661. The van der Waals surface area contributed by atoms with E-state index in [0.29, 0.717) is 6.54 Å². The molecule has 0 aromatic heterocycles. The zero-order valence-electron chi connectivity index (χ0n) is 14.5. The van der Waals surface area contributed by atoms with Crippen LogP contribution in [-0.4, -0.2) is 28.6 Å². The fourth-order valence-corrected chi connectivity index (χ4v) is 4.23. The van der Waals surface area contributed by atoms with E-state index in [-0.39, 0.29) is 0 Å². The van der Waals surface area contributed by atoms with Crippen LogP contribution < -0.4 is 4.90 Å². The van der Waals surface area contributed by atoms with Gasteiger partial charge in [0, 0.05) is 12.0 Å². The van der Waals surface area contributed by atoms with Gasteiger partial charge >= 0.3 is 0 Å². The molecule has 2 aliphatic rings. The quantitative estimate of drug-likeness (QED) is 0.856.